The first-order valence-corrected chi connectivity index (χ1v) is 5.16. The molecule has 0 saturated heterocycles. The van der Waals surface area contributed by atoms with Crippen LogP contribution in [0.3, 0.4) is 0 Å². The van der Waals surface area contributed by atoms with Crippen molar-refractivity contribution < 1.29 is 0 Å². The zero-order valence-electron chi connectivity index (χ0n) is 9.19. The standard InChI is InChI=1S/C10H18.C2H6/c1-4-7-9-10(6-3)8-5-2;1-2/h6,9H,3-5,7-8H2,1-2H3;1-2H3/b10-9+;. The second kappa shape index (κ2) is 13.1. The lowest BCUT2D eigenvalue weighted by atomic mass is 10.1. The number of unbranched alkanes of at least 4 members (excludes halogenated alkanes) is 1. The van der Waals surface area contributed by atoms with Gasteiger partial charge in [0.25, 0.3) is 0 Å². The highest BCUT2D eigenvalue weighted by molar-refractivity contribution is 5.15. The van der Waals surface area contributed by atoms with Crippen molar-refractivity contribution in [3.05, 3.63) is 24.3 Å². The molecule has 0 fully saturated rings. The Kier molecular flexibility index (Phi) is 15.3. The molecule has 0 aromatic heterocycles. The van der Waals surface area contributed by atoms with Crippen molar-refractivity contribution in [2.75, 3.05) is 0 Å². The molecule has 0 aliphatic heterocycles. The Balaban J connectivity index is 0. The average molecular weight is 168 g/mol. The van der Waals surface area contributed by atoms with Gasteiger partial charge in [0.1, 0.15) is 0 Å². The number of hydrogen-bond donors (Lipinski definition) is 0. The molecule has 0 aromatic carbocycles. The van der Waals surface area contributed by atoms with Crippen molar-refractivity contribution in [2.24, 2.45) is 0 Å². The van der Waals surface area contributed by atoms with Gasteiger partial charge >= 0.3 is 0 Å². The summed E-state index contributed by atoms with van der Waals surface area (Å²) in [7, 11) is 0. The van der Waals surface area contributed by atoms with E-state index < -0.39 is 0 Å². The van der Waals surface area contributed by atoms with E-state index in [1.54, 1.807) is 0 Å². The van der Waals surface area contributed by atoms with Gasteiger partial charge in [0, 0.05) is 0 Å². The molecule has 0 unspecified atom stereocenters. The topological polar surface area (TPSA) is 0 Å². The van der Waals surface area contributed by atoms with Crippen LogP contribution in [0, 0.1) is 0 Å². The van der Waals surface area contributed by atoms with Crippen LogP contribution in [0.15, 0.2) is 24.3 Å². The minimum absolute atomic E-state index is 1.18. The molecule has 0 heterocycles. The SMILES string of the molecule is C=C/C(=C\CCC)CCC.CC. The van der Waals surface area contributed by atoms with E-state index in [-0.39, 0.29) is 0 Å². The van der Waals surface area contributed by atoms with Crippen LogP contribution in [0.4, 0.5) is 0 Å². The van der Waals surface area contributed by atoms with E-state index >= 15 is 0 Å². The third-order valence-corrected chi connectivity index (χ3v) is 1.50. The summed E-state index contributed by atoms with van der Waals surface area (Å²) in [5.74, 6) is 0. The smallest absolute Gasteiger partial charge is 0.0285 e. The van der Waals surface area contributed by atoms with E-state index in [9.17, 15) is 0 Å². The highest BCUT2D eigenvalue weighted by Crippen LogP contribution is 2.07. The fourth-order valence-electron chi connectivity index (χ4n) is 0.906. The Morgan fingerprint density at radius 1 is 1.17 bits per heavy atom. The summed E-state index contributed by atoms with van der Waals surface area (Å²) < 4.78 is 0. The molecule has 72 valence electrons. The predicted octanol–water partition coefficient (Wildman–Crippen LogP) is 4.73. The first-order valence-electron chi connectivity index (χ1n) is 5.16. The Labute approximate surface area is 78.4 Å². The monoisotopic (exact) mass is 168 g/mol. The molecule has 0 bridgehead atoms. The first-order chi connectivity index (χ1) is 5.85. The summed E-state index contributed by atoms with van der Waals surface area (Å²) in [5.41, 5.74) is 1.41. The molecule has 0 spiro atoms. The van der Waals surface area contributed by atoms with E-state index in [4.69, 9.17) is 0 Å². The largest absolute Gasteiger partial charge is 0.0988 e. The highest BCUT2D eigenvalue weighted by Gasteiger charge is 1.86. The van der Waals surface area contributed by atoms with Gasteiger partial charge in [-0.15, -0.1) is 0 Å². The molecular weight excluding hydrogens is 144 g/mol. The van der Waals surface area contributed by atoms with Gasteiger partial charge in [-0.1, -0.05) is 64.8 Å². The normalized spacial score (nSPS) is 10.2. The molecule has 12 heavy (non-hydrogen) atoms. The minimum Gasteiger partial charge on any atom is -0.0988 e. The van der Waals surface area contributed by atoms with Crippen LogP contribution < -0.4 is 0 Å². The maximum atomic E-state index is 3.76. The predicted molar refractivity (Wildman–Crippen MR) is 59.4 cm³/mol. The molecule has 0 N–H and O–H groups in total. The van der Waals surface area contributed by atoms with Gasteiger partial charge in [0.05, 0.1) is 0 Å². The fourth-order valence-corrected chi connectivity index (χ4v) is 0.906. The molecule has 0 nitrogen and oxygen atoms in total. The van der Waals surface area contributed by atoms with Gasteiger partial charge < -0.3 is 0 Å². The lowest BCUT2D eigenvalue weighted by molar-refractivity contribution is 0.895. The van der Waals surface area contributed by atoms with Crippen LogP contribution in [-0.4, -0.2) is 0 Å². The number of allylic oxidation sites excluding steroid dienone is 3. The van der Waals surface area contributed by atoms with Crippen LogP contribution in [0.1, 0.15) is 53.4 Å². The Bertz CT molecular complexity index is 109. The van der Waals surface area contributed by atoms with E-state index in [1.165, 1.54) is 31.3 Å². The quantitative estimate of drug-likeness (QED) is 0.521. The molecule has 0 heteroatoms. The van der Waals surface area contributed by atoms with Crippen LogP contribution >= 0.6 is 0 Å². The van der Waals surface area contributed by atoms with Crippen molar-refractivity contribution in [3.63, 3.8) is 0 Å². The summed E-state index contributed by atoms with van der Waals surface area (Å²) in [6.45, 7) is 12.2. The Morgan fingerprint density at radius 2 is 1.75 bits per heavy atom. The number of rotatable bonds is 5. The molecule has 0 atom stereocenters. The van der Waals surface area contributed by atoms with Gasteiger partial charge in [0.15, 0.2) is 0 Å². The van der Waals surface area contributed by atoms with Crippen molar-refractivity contribution in [3.8, 4) is 0 Å². The van der Waals surface area contributed by atoms with Crippen molar-refractivity contribution in [1.82, 2.24) is 0 Å². The molecule has 0 radical (unpaired) electrons. The third kappa shape index (κ3) is 9.48. The van der Waals surface area contributed by atoms with E-state index in [0.717, 1.165) is 0 Å². The van der Waals surface area contributed by atoms with Gasteiger partial charge in [0.2, 0.25) is 0 Å². The summed E-state index contributed by atoms with van der Waals surface area (Å²) in [4.78, 5) is 0. The first kappa shape index (κ1) is 14.0. The molecule has 0 saturated carbocycles. The van der Waals surface area contributed by atoms with Crippen LogP contribution in [0.2, 0.25) is 0 Å². The van der Waals surface area contributed by atoms with Gasteiger partial charge in [-0.05, 0) is 12.8 Å². The summed E-state index contributed by atoms with van der Waals surface area (Å²) in [5, 5.41) is 0. The van der Waals surface area contributed by atoms with E-state index in [0.29, 0.717) is 0 Å². The zero-order valence-corrected chi connectivity index (χ0v) is 9.19. The second-order valence-electron chi connectivity index (χ2n) is 2.52. The summed E-state index contributed by atoms with van der Waals surface area (Å²) >= 11 is 0. The number of hydrogen-bond acceptors (Lipinski definition) is 0. The maximum Gasteiger partial charge on any atom is -0.0285 e. The Hall–Kier alpha value is -0.520. The van der Waals surface area contributed by atoms with E-state index in [2.05, 4.69) is 26.5 Å². The van der Waals surface area contributed by atoms with Crippen molar-refractivity contribution >= 4 is 0 Å². The van der Waals surface area contributed by atoms with E-state index in [1.807, 2.05) is 19.9 Å². The zero-order chi connectivity index (χ0) is 9.82. The summed E-state index contributed by atoms with van der Waals surface area (Å²) in [6.07, 6.45) is 9.10. The molecular formula is C12H24. The van der Waals surface area contributed by atoms with Crippen molar-refractivity contribution in [1.29, 1.82) is 0 Å². The lowest BCUT2D eigenvalue weighted by Crippen LogP contribution is -1.76. The summed E-state index contributed by atoms with van der Waals surface area (Å²) in [6, 6.07) is 0. The fraction of sp³-hybridized carbons (Fsp3) is 0.667. The Morgan fingerprint density at radius 3 is 2.08 bits per heavy atom. The highest BCUT2D eigenvalue weighted by atomic mass is 13.9. The van der Waals surface area contributed by atoms with Crippen molar-refractivity contribution in [2.45, 2.75) is 53.4 Å². The molecule has 0 aliphatic rings. The minimum atomic E-state index is 1.18. The second-order valence-corrected chi connectivity index (χ2v) is 2.52. The van der Waals surface area contributed by atoms with Gasteiger partial charge in [-0.3, -0.25) is 0 Å². The van der Waals surface area contributed by atoms with Gasteiger partial charge in [-0.2, -0.15) is 0 Å². The van der Waals surface area contributed by atoms with Crippen LogP contribution in [0.25, 0.3) is 0 Å². The van der Waals surface area contributed by atoms with Crippen LogP contribution in [0.5, 0.6) is 0 Å². The van der Waals surface area contributed by atoms with Crippen LogP contribution in [-0.2, 0) is 0 Å². The molecule has 0 aromatic rings. The lowest BCUT2D eigenvalue weighted by Gasteiger charge is -1.96. The molecule has 0 amide bonds. The maximum absolute atomic E-state index is 3.76. The average Bonchev–Trinajstić information content (AvgIpc) is 2.15. The van der Waals surface area contributed by atoms with Gasteiger partial charge in [-0.25, -0.2) is 0 Å². The molecule has 0 aliphatic carbocycles. The third-order valence-electron chi connectivity index (χ3n) is 1.50. The molecule has 0 rings (SSSR count).